The van der Waals surface area contributed by atoms with Gasteiger partial charge >= 0.3 is 0 Å². The van der Waals surface area contributed by atoms with E-state index in [0.717, 1.165) is 0 Å². The summed E-state index contributed by atoms with van der Waals surface area (Å²) in [6.45, 7) is 0.936. The molecule has 1 N–H and O–H groups in total. The van der Waals surface area contributed by atoms with Gasteiger partial charge in [-0.15, -0.1) is 0 Å². The van der Waals surface area contributed by atoms with Crippen LogP contribution in [-0.4, -0.2) is 24.9 Å². The molecule has 2 rings (SSSR count). The molecule has 1 aromatic rings. The molecular weight excluding hydrogens is 199 g/mol. The number of aliphatic hydroxyl groups excluding tert-OH is 1. The molecule has 1 aliphatic heterocycles. The first-order valence-electron chi connectivity index (χ1n) is 4.89. The second-order valence-corrected chi connectivity index (χ2v) is 3.60. The molecule has 82 valence electrons. The van der Waals surface area contributed by atoms with Crippen molar-refractivity contribution in [1.82, 2.24) is 0 Å². The zero-order valence-electron chi connectivity index (χ0n) is 8.23. The van der Waals surface area contributed by atoms with Crippen molar-refractivity contribution in [3.63, 3.8) is 0 Å². The van der Waals surface area contributed by atoms with Crippen LogP contribution in [-0.2, 0) is 9.47 Å². The summed E-state index contributed by atoms with van der Waals surface area (Å²) in [5.74, 6) is -0.279. The van der Waals surface area contributed by atoms with E-state index in [2.05, 4.69) is 0 Å². The predicted molar refractivity (Wildman–Crippen MR) is 51.6 cm³/mol. The third-order valence-corrected chi connectivity index (χ3v) is 2.35. The minimum Gasteiger partial charge on any atom is -0.396 e. The van der Waals surface area contributed by atoms with Gasteiger partial charge in [-0.25, -0.2) is 4.39 Å². The topological polar surface area (TPSA) is 38.7 Å². The van der Waals surface area contributed by atoms with Crippen molar-refractivity contribution in [2.75, 3.05) is 19.8 Å². The van der Waals surface area contributed by atoms with E-state index in [-0.39, 0.29) is 18.3 Å². The fourth-order valence-corrected chi connectivity index (χ4v) is 1.49. The van der Waals surface area contributed by atoms with E-state index in [4.69, 9.17) is 14.6 Å². The summed E-state index contributed by atoms with van der Waals surface area (Å²) in [7, 11) is 0. The zero-order valence-corrected chi connectivity index (χ0v) is 8.23. The Morgan fingerprint density at radius 1 is 1.33 bits per heavy atom. The molecule has 4 heteroatoms. The third-order valence-electron chi connectivity index (χ3n) is 2.35. The van der Waals surface area contributed by atoms with Crippen LogP contribution in [0, 0.1) is 11.7 Å². The van der Waals surface area contributed by atoms with Gasteiger partial charge in [-0.05, 0) is 12.1 Å². The lowest BCUT2D eigenvalue weighted by molar-refractivity contribution is -0.209. The van der Waals surface area contributed by atoms with Crippen LogP contribution in [0.15, 0.2) is 24.3 Å². The maximum atomic E-state index is 12.9. The molecule has 0 radical (unpaired) electrons. The lowest BCUT2D eigenvalue weighted by Crippen LogP contribution is -2.29. The van der Waals surface area contributed by atoms with Crippen LogP contribution < -0.4 is 0 Å². The Hall–Kier alpha value is -0.970. The summed E-state index contributed by atoms with van der Waals surface area (Å²) in [5.41, 5.74) is 0.673. The average molecular weight is 212 g/mol. The lowest BCUT2D eigenvalue weighted by atomic mass is 10.1. The van der Waals surface area contributed by atoms with Gasteiger partial charge in [0.2, 0.25) is 0 Å². The molecule has 0 amide bonds. The molecule has 1 saturated heterocycles. The molecule has 0 spiro atoms. The van der Waals surface area contributed by atoms with Gasteiger partial charge in [0.15, 0.2) is 6.29 Å². The Morgan fingerprint density at radius 2 is 2.07 bits per heavy atom. The van der Waals surface area contributed by atoms with Gasteiger partial charge in [0, 0.05) is 11.5 Å². The van der Waals surface area contributed by atoms with Crippen molar-refractivity contribution in [3.05, 3.63) is 35.6 Å². The van der Waals surface area contributed by atoms with E-state index in [9.17, 15) is 4.39 Å². The van der Waals surface area contributed by atoms with Crippen LogP contribution in [0.2, 0.25) is 0 Å². The highest BCUT2D eigenvalue weighted by Crippen LogP contribution is 2.25. The molecule has 1 heterocycles. The SMILES string of the molecule is OCC1COC(c2cccc(F)c2)OC1. The Kier molecular flexibility index (Phi) is 3.30. The van der Waals surface area contributed by atoms with Gasteiger partial charge < -0.3 is 14.6 Å². The van der Waals surface area contributed by atoms with Gasteiger partial charge in [-0.3, -0.25) is 0 Å². The van der Waals surface area contributed by atoms with Crippen LogP contribution >= 0.6 is 0 Å². The van der Waals surface area contributed by atoms with Gasteiger partial charge in [0.1, 0.15) is 5.82 Å². The largest absolute Gasteiger partial charge is 0.396 e. The van der Waals surface area contributed by atoms with Crippen molar-refractivity contribution in [3.8, 4) is 0 Å². The quantitative estimate of drug-likeness (QED) is 0.807. The van der Waals surface area contributed by atoms with Gasteiger partial charge in [0.05, 0.1) is 19.8 Å². The van der Waals surface area contributed by atoms with E-state index in [0.29, 0.717) is 18.8 Å². The molecule has 0 aliphatic carbocycles. The second kappa shape index (κ2) is 4.70. The molecule has 0 aromatic heterocycles. The van der Waals surface area contributed by atoms with Crippen LogP contribution in [0.5, 0.6) is 0 Å². The van der Waals surface area contributed by atoms with Gasteiger partial charge in [-0.2, -0.15) is 0 Å². The molecule has 3 nitrogen and oxygen atoms in total. The summed E-state index contributed by atoms with van der Waals surface area (Å²) in [5, 5.41) is 8.87. The van der Waals surface area contributed by atoms with E-state index >= 15 is 0 Å². The van der Waals surface area contributed by atoms with E-state index in [1.165, 1.54) is 12.1 Å². The third kappa shape index (κ3) is 2.53. The van der Waals surface area contributed by atoms with Crippen LogP contribution in [0.1, 0.15) is 11.9 Å². The molecule has 0 unspecified atom stereocenters. The van der Waals surface area contributed by atoms with Crippen LogP contribution in [0.25, 0.3) is 0 Å². The minimum absolute atomic E-state index is 0.0230. The van der Waals surface area contributed by atoms with Crippen molar-refractivity contribution in [2.24, 2.45) is 5.92 Å². The number of ether oxygens (including phenoxy) is 2. The monoisotopic (exact) mass is 212 g/mol. The number of halogens is 1. The number of benzene rings is 1. The van der Waals surface area contributed by atoms with Crippen molar-refractivity contribution < 1.29 is 19.0 Å². The van der Waals surface area contributed by atoms with Crippen LogP contribution in [0.3, 0.4) is 0 Å². The maximum Gasteiger partial charge on any atom is 0.183 e. The molecule has 0 bridgehead atoms. The summed E-state index contributed by atoms with van der Waals surface area (Å²) >= 11 is 0. The summed E-state index contributed by atoms with van der Waals surface area (Å²) in [6, 6.07) is 6.15. The molecule has 0 saturated carbocycles. The molecule has 1 fully saturated rings. The number of aliphatic hydroxyl groups is 1. The maximum absolute atomic E-state index is 12.9. The Balaban J connectivity index is 2.01. The highest BCUT2D eigenvalue weighted by molar-refractivity contribution is 5.17. The van der Waals surface area contributed by atoms with Gasteiger partial charge in [-0.1, -0.05) is 12.1 Å². The summed E-state index contributed by atoms with van der Waals surface area (Å²) < 4.78 is 23.7. The Labute approximate surface area is 87.4 Å². The lowest BCUT2D eigenvalue weighted by Gasteiger charge is -2.28. The zero-order chi connectivity index (χ0) is 10.7. The van der Waals surface area contributed by atoms with Crippen molar-refractivity contribution in [1.29, 1.82) is 0 Å². The first kappa shape index (κ1) is 10.5. The minimum atomic E-state index is -0.511. The Bertz CT molecular complexity index is 321. The fourth-order valence-electron chi connectivity index (χ4n) is 1.49. The smallest absolute Gasteiger partial charge is 0.183 e. The van der Waals surface area contributed by atoms with Crippen molar-refractivity contribution >= 4 is 0 Å². The van der Waals surface area contributed by atoms with E-state index in [1.54, 1.807) is 12.1 Å². The standard InChI is InChI=1S/C11H13FO3/c12-10-3-1-2-9(4-10)11-14-6-8(5-13)7-15-11/h1-4,8,11,13H,5-7H2. The number of rotatable bonds is 2. The average Bonchev–Trinajstić information content (AvgIpc) is 2.29. The molecular formula is C11H13FO3. The van der Waals surface area contributed by atoms with E-state index in [1.807, 2.05) is 0 Å². The fraction of sp³-hybridized carbons (Fsp3) is 0.455. The summed E-state index contributed by atoms with van der Waals surface area (Å²) in [4.78, 5) is 0. The highest BCUT2D eigenvalue weighted by Gasteiger charge is 2.23. The van der Waals surface area contributed by atoms with Crippen molar-refractivity contribution in [2.45, 2.75) is 6.29 Å². The van der Waals surface area contributed by atoms with Crippen LogP contribution in [0.4, 0.5) is 4.39 Å². The highest BCUT2D eigenvalue weighted by atomic mass is 19.1. The molecule has 0 atom stereocenters. The second-order valence-electron chi connectivity index (χ2n) is 3.60. The number of hydrogen-bond donors (Lipinski definition) is 1. The van der Waals surface area contributed by atoms with Gasteiger partial charge in [0.25, 0.3) is 0 Å². The Morgan fingerprint density at radius 3 is 2.67 bits per heavy atom. The summed E-state index contributed by atoms with van der Waals surface area (Å²) in [6.07, 6.45) is -0.511. The molecule has 1 aliphatic rings. The number of hydrogen-bond acceptors (Lipinski definition) is 3. The van der Waals surface area contributed by atoms with E-state index < -0.39 is 6.29 Å². The molecule has 15 heavy (non-hydrogen) atoms. The first-order valence-corrected chi connectivity index (χ1v) is 4.89. The molecule has 1 aromatic carbocycles. The first-order chi connectivity index (χ1) is 7.29. The predicted octanol–water partition coefficient (Wildman–Crippen LogP) is 1.48. The normalized spacial score (nSPS) is 26.5.